The van der Waals surface area contributed by atoms with Gasteiger partial charge in [-0.25, -0.2) is 9.37 Å². The van der Waals surface area contributed by atoms with Gasteiger partial charge in [0.05, 0.1) is 12.0 Å². The molecule has 0 spiro atoms. The Balaban J connectivity index is 1.74. The highest BCUT2D eigenvalue weighted by Gasteiger charge is 2.51. The van der Waals surface area contributed by atoms with Crippen LogP contribution in [0.4, 0.5) is 4.39 Å². The van der Waals surface area contributed by atoms with Gasteiger partial charge in [0.25, 0.3) is 5.89 Å². The molecule has 0 N–H and O–H groups in total. The summed E-state index contributed by atoms with van der Waals surface area (Å²) >= 11 is 0. The molecular formula is C19H18FN3O2. The van der Waals surface area contributed by atoms with Crippen molar-refractivity contribution in [2.24, 2.45) is 0 Å². The summed E-state index contributed by atoms with van der Waals surface area (Å²) in [5, 5.41) is 4.18. The molecule has 0 radical (unpaired) electrons. The molecule has 0 aliphatic heterocycles. The molecule has 1 aliphatic rings. The molecule has 0 bridgehead atoms. The van der Waals surface area contributed by atoms with E-state index in [2.05, 4.69) is 15.1 Å². The maximum absolute atomic E-state index is 13.7. The first kappa shape index (κ1) is 15.7. The topological polar surface area (TPSA) is 61.0 Å². The summed E-state index contributed by atoms with van der Waals surface area (Å²) in [6, 6.07) is 8.47. The maximum Gasteiger partial charge on any atom is 0.263 e. The highest BCUT2D eigenvalue weighted by atomic mass is 19.1. The van der Waals surface area contributed by atoms with E-state index in [9.17, 15) is 4.39 Å². The second-order valence-electron chi connectivity index (χ2n) is 6.25. The minimum absolute atomic E-state index is 0.249. The number of ether oxygens (including phenoxy) is 1. The zero-order valence-electron chi connectivity index (χ0n) is 14.1. The summed E-state index contributed by atoms with van der Waals surface area (Å²) in [6.45, 7) is 4.37. The third-order valence-electron chi connectivity index (χ3n) is 4.60. The Kier molecular flexibility index (Phi) is 3.75. The fourth-order valence-corrected chi connectivity index (χ4v) is 3.18. The second kappa shape index (κ2) is 5.95. The number of benzene rings is 1. The van der Waals surface area contributed by atoms with E-state index in [0.717, 1.165) is 24.0 Å². The number of aryl methyl sites for hydroxylation is 1. The van der Waals surface area contributed by atoms with E-state index in [1.807, 2.05) is 19.9 Å². The predicted molar refractivity (Wildman–Crippen MR) is 89.8 cm³/mol. The third kappa shape index (κ3) is 2.67. The molecule has 1 fully saturated rings. The molecule has 6 heteroatoms. The Morgan fingerprint density at radius 1 is 1.28 bits per heavy atom. The molecule has 128 valence electrons. The lowest BCUT2D eigenvalue weighted by Gasteiger charge is -2.14. The summed E-state index contributed by atoms with van der Waals surface area (Å²) in [5.41, 5.74) is 2.26. The van der Waals surface area contributed by atoms with Crippen LogP contribution in [-0.4, -0.2) is 21.7 Å². The van der Waals surface area contributed by atoms with Crippen molar-refractivity contribution >= 4 is 0 Å². The van der Waals surface area contributed by atoms with Crippen LogP contribution < -0.4 is 4.74 Å². The SMILES string of the molecule is CCOc1ncccc1-c1nc(C2(c3cc(F)ccc3C)CC2)no1. The number of aromatic nitrogens is 3. The van der Waals surface area contributed by atoms with E-state index in [0.29, 0.717) is 29.8 Å². The van der Waals surface area contributed by atoms with Crippen LogP contribution in [0.5, 0.6) is 5.88 Å². The molecule has 0 atom stereocenters. The number of nitrogens with zero attached hydrogens (tertiary/aromatic N) is 3. The van der Waals surface area contributed by atoms with E-state index in [4.69, 9.17) is 9.26 Å². The van der Waals surface area contributed by atoms with E-state index in [-0.39, 0.29) is 11.2 Å². The summed E-state index contributed by atoms with van der Waals surface area (Å²) in [6.07, 6.45) is 3.41. The molecule has 0 saturated heterocycles. The average molecular weight is 339 g/mol. The largest absolute Gasteiger partial charge is 0.477 e. The van der Waals surface area contributed by atoms with Gasteiger partial charge in [-0.1, -0.05) is 11.2 Å². The van der Waals surface area contributed by atoms with Crippen LogP contribution in [0.1, 0.15) is 36.7 Å². The van der Waals surface area contributed by atoms with Gasteiger partial charge in [0.2, 0.25) is 5.88 Å². The van der Waals surface area contributed by atoms with Crippen molar-refractivity contribution < 1.29 is 13.7 Å². The van der Waals surface area contributed by atoms with Gasteiger partial charge in [-0.2, -0.15) is 4.98 Å². The summed E-state index contributed by atoms with van der Waals surface area (Å²) in [4.78, 5) is 8.80. The zero-order valence-corrected chi connectivity index (χ0v) is 14.1. The molecule has 0 unspecified atom stereocenters. The lowest BCUT2D eigenvalue weighted by Crippen LogP contribution is -2.13. The molecule has 2 aromatic heterocycles. The van der Waals surface area contributed by atoms with Gasteiger partial charge in [-0.3, -0.25) is 0 Å². The minimum atomic E-state index is -0.359. The number of pyridine rings is 1. The van der Waals surface area contributed by atoms with Gasteiger partial charge in [-0.05, 0) is 62.1 Å². The predicted octanol–water partition coefficient (Wildman–Crippen LogP) is 4.06. The van der Waals surface area contributed by atoms with Crippen LogP contribution in [0.25, 0.3) is 11.5 Å². The molecule has 1 saturated carbocycles. The number of hydrogen-bond acceptors (Lipinski definition) is 5. The summed E-state index contributed by atoms with van der Waals surface area (Å²) in [5.74, 6) is 1.17. The lowest BCUT2D eigenvalue weighted by molar-refractivity contribution is 0.326. The quantitative estimate of drug-likeness (QED) is 0.701. The Bertz CT molecular complexity index is 919. The van der Waals surface area contributed by atoms with Gasteiger partial charge >= 0.3 is 0 Å². The zero-order chi connectivity index (χ0) is 17.4. The van der Waals surface area contributed by atoms with Crippen LogP contribution in [0.3, 0.4) is 0 Å². The van der Waals surface area contributed by atoms with Crippen molar-refractivity contribution in [3.8, 4) is 17.3 Å². The molecule has 25 heavy (non-hydrogen) atoms. The van der Waals surface area contributed by atoms with Crippen LogP contribution in [0.15, 0.2) is 41.1 Å². The van der Waals surface area contributed by atoms with Crippen molar-refractivity contribution in [3.05, 3.63) is 59.3 Å². The molecule has 0 amide bonds. The lowest BCUT2D eigenvalue weighted by atomic mass is 9.91. The first-order valence-corrected chi connectivity index (χ1v) is 8.33. The number of halogens is 1. The molecule has 1 aromatic carbocycles. The number of rotatable bonds is 5. The maximum atomic E-state index is 13.7. The van der Waals surface area contributed by atoms with Crippen molar-refractivity contribution in [2.45, 2.75) is 32.1 Å². The highest BCUT2D eigenvalue weighted by Crippen LogP contribution is 2.53. The van der Waals surface area contributed by atoms with E-state index in [1.54, 1.807) is 24.4 Å². The standard InChI is InChI=1S/C19H18FN3O2/c1-3-24-16-14(5-4-10-21-16)17-22-18(23-25-17)19(8-9-19)15-11-13(20)7-6-12(15)2/h4-7,10-11H,3,8-9H2,1-2H3. The molecular weight excluding hydrogens is 321 g/mol. The molecule has 2 heterocycles. The molecule has 5 nitrogen and oxygen atoms in total. The number of hydrogen-bond donors (Lipinski definition) is 0. The molecule has 4 rings (SSSR count). The van der Waals surface area contributed by atoms with Gasteiger partial charge < -0.3 is 9.26 Å². The summed E-state index contributed by atoms with van der Waals surface area (Å²) < 4.78 is 24.8. The van der Waals surface area contributed by atoms with Gasteiger partial charge in [-0.15, -0.1) is 0 Å². The van der Waals surface area contributed by atoms with Crippen molar-refractivity contribution in [1.82, 2.24) is 15.1 Å². The fourth-order valence-electron chi connectivity index (χ4n) is 3.18. The first-order chi connectivity index (χ1) is 12.1. The molecule has 1 aliphatic carbocycles. The summed E-state index contributed by atoms with van der Waals surface area (Å²) in [7, 11) is 0. The average Bonchev–Trinajstić information content (AvgIpc) is 3.27. The minimum Gasteiger partial charge on any atom is -0.477 e. The van der Waals surface area contributed by atoms with Crippen molar-refractivity contribution in [1.29, 1.82) is 0 Å². The van der Waals surface area contributed by atoms with E-state index in [1.165, 1.54) is 6.07 Å². The van der Waals surface area contributed by atoms with Gasteiger partial charge in [0, 0.05) is 6.20 Å². The van der Waals surface area contributed by atoms with Crippen LogP contribution in [0.2, 0.25) is 0 Å². The van der Waals surface area contributed by atoms with Gasteiger partial charge in [0.1, 0.15) is 11.4 Å². The van der Waals surface area contributed by atoms with Crippen molar-refractivity contribution in [2.75, 3.05) is 6.61 Å². The van der Waals surface area contributed by atoms with Gasteiger partial charge in [0.15, 0.2) is 5.82 Å². The Morgan fingerprint density at radius 3 is 2.88 bits per heavy atom. The Morgan fingerprint density at radius 2 is 2.12 bits per heavy atom. The normalized spacial score (nSPS) is 15.2. The third-order valence-corrected chi connectivity index (χ3v) is 4.60. The fraction of sp³-hybridized carbons (Fsp3) is 0.316. The van der Waals surface area contributed by atoms with E-state index < -0.39 is 0 Å². The van der Waals surface area contributed by atoms with Crippen molar-refractivity contribution in [3.63, 3.8) is 0 Å². The first-order valence-electron chi connectivity index (χ1n) is 8.33. The van der Waals surface area contributed by atoms with Crippen LogP contribution in [0, 0.1) is 12.7 Å². The van der Waals surface area contributed by atoms with Crippen LogP contribution in [-0.2, 0) is 5.41 Å². The Hall–Kier alpha value is -2.76. The monoisotopic (exact) mass is 339 g/mol. The second-order valence-corrected chi connectivity index (χ2v) is 6.25. The van der Waals surface area contributed by atoms with E-state index >= 15 is 0 Å². The smallest absolute Gasteiger partial charge is 0.263 e. The molecule has 3 aromatic rings. The van der Waals surface area contributed by atoms with Crippen LogP contribution >= 0.6 is 0 Å². The highest BCUT2D eigenvalue weighted by molar-refractivity contribution is 5.60. The Labute approximate surface area is 144 Å².